The Labute approximate surface area is 56.9 Å². The molecular formula is C5H8O5. The van der Waals surface area contributed by atoms with E-state index in [9.17, 15) is 9.59 Å². The minimum atomic E-state index is -1.82. The fourth-order valence-corrected chi connectivity index (χ4v) is 0.349. The van der Waals surface area contributed by atoms with Gasteiger partial charge in [-0.05, 0) is 6.92 Å². The van der Waals surface area contributed by atoms with Crippen LogP contribution < -0.4 is 0 Å². The largest absolute Gasteiger partial charge is 0.481 e. The first-order valence-electron chi connectivity index (χ1n) is 2.60. The van der Waals surface area contributed by atoms with E-state index in [-0.39, 0.29) is 0 Å². The van der Waals surface area contributed by atoms with Crippen molar-refractivity contribution in [3.05, 3.63) is 0 Å². The molecular weight excluding hydrogens is 140 g/mol. The molecule has 0 saturated heterocycles. The van der Waals surface area contributed by atoms with Crippen LogP contribution in [0.3, 0.4) is 0 Å². The number of aliphatic carboxylic acids is 2. The SMILES string of the molecule is C[C@@H](C(=O)O)[C@H](O)C(=O)O. The summed E-state index contributed by atoms with van der Waals surface area (Å²) >= 11 is 0. The molecule has 5 heteroatoms. The molecule has 0 rings (SSSR count). The third-order valence-electron chi connectivity index (χ3n) is 1.12. The molecule has 0 aromatic carbocycles. The normalized spacial score (nSPS) is 15.8. The van der Waals surface area contributed by atoms with Crippen LogP contribution in [-0.4, -0.2) is 33.4 Å². The summed E-state index contributed by atoms with van der Waals surface area (Å²) in [6, 6.07) is 0. The van der Waals surface area contributed by atoms with Crippen LogP contribution in [-0.2, 0) is 9.59 Å². The number of aliphatic hydroxyl groups is 1. The monoisotopic (exact) mass is 148 g/mol. The van der Waals surface area contributed by atoms with Crippen LogP contribution in [0, 0.1) is 5.92 Å². The third-order valence-corrected chi connectivity index (χ3v) is 1.12. The fraction of sp³-hybridized carbons (Fsp3) is 0.600. The van der Waals surface area contributed by atoms with Crippen LogP contribution in [0.15, 0.2) is 0 Å². The molecule has 0 fully saturated rings. The molecule has 0 heterocycles. The Morgan fingerprint density at radius 1 is 1.20 bits per heavy atom. The van der Waals surface area contributed by atoms with E-state index >= 15 is 0 Å². The molecule has 0 aliphatic carbocycles. The Bertz CT molecular complexity index is 134. The molecule has 2 atom stereocenters. The average Bonchev–Trinajstić information content (AvgIpc) is 1.84. The first kappa shape index (κ1) is 8.90. The lowest BCUT2D eigenvalue weighted by atomic mass is 10.1. The average molecular weight is 148 g/mol. The van der Waals surface area contributed by atoms with Gasteiger partial charge in [0.05, 0.1) is 5.92 Å². The summed E-state index contributed by atoms with van der Waals surface area (Å²) in [4.78, 5) is 20.0. The molecule has 0 spiro atoms. The molecule has 0 unspecified atom stereocenters. The van der Waals surface area contributed by atoms with E-state index in [1.165, 1.54) is 0 Å². The number of carbonyl (C=O) groups is 2. The van der Waals surface area contributed by atoms with Crippen molar-refractivity contribution in [1.82, 2.24) is 0 Å². The number of hydrogen-bond donors (Lipinski definition) is 3. The van der Waals surface area contributed by atoms with Gasteiger partial charge in [0.2, 0.25) is 0 Å². The molecule has 0 aliphatic rings. The molecule has 0 aliphatic heterocycles. The lowest BCUT2D eigenvalue weighted by Crippen LogP contribution is -2.32. The van der Waals surface area contributed by atoms with Gasteiger partial charge < -0.3 is 15.3 Å². The first-order chi connectivity index (χ1) is 4.46. The van der Waals surface area contributed by atoms with E-state index < -0.39 is 24.0 Å². The summed E-state index contributed by atoms with van der Waals surface area (Å²) < 4.78 is 0. The standard InChI is InChI=1S/C5H8O5/c1-2(4(7)8)3(6)5(9)10/h2-3,6H,1H3,(H,7,8)(H,9,10)/t2-,3+/m1/s1. The number of carboxylic acid groups (broad SMARTS) is 2. The zero-order valence-corrected chi connectivity index (χ0v) is 5.31. The van der Waals surface area contributed by atoms with Gasteiger partial charge in [0.1, 0.15) is 0 Å². The second kappa shape index (κ2) is 3.17. The summed E-state index contributed by atoms with van der Waals surface area (Å²) in [5.41, 5.74) is 0. The van der Waals surface area contributed by atoms with Crippen molar-refractivity contribution in [3.63, 3.8) is 0 Å². The van der Waals surface area contributed by atoms with Crippen molar-refractivity contribution in [1.29, 1.82) is 0 Å². The Morgan fingerprint density at radius 2 is 1.60 bits per heavy atom. The molecule has 0 aromatic heterocycles. The van der Waals surface area contributed by atoms with E-state index in [2.05, 4.69) is 0 Å². The molecule has 10 heavy (non-hydrogen) atoms. The van der Waals surface area contributed by atoms with E-state index in [0.717, 1.165) is 6.92 Å². The van der Waals surface area contributed by atoms with Crippen LogP contribution in [0.2, 0.25) is 0 Å². The van der Waals surface area contributed by atoms with Crippen LogP contribution in [0.5, 0.6) is 0 Å². The van der Waals surface area contributed by atoms with Gasteiger partial charge in [-0.15, -0.1) is 0 Å². The summed E-state index contributed by atoms with van der Waals surface area (Å²) in [6.07, 6.45) is -1.82. The highest BCUT2D eigenvalue weighted by atomic mass is 16.4. The number of aliphatic hydroxyl groups excluding tert-OH is 1. The van der Waals surface area contributed by atoms with Gasteiger partial charge >= 0.3 is 11.9 Å². The van der Waals surface area contributed by atoms with Gasteiger partial charge in [-0.25, -0.2) is 4.79 Å². The maximum atomic E-state index is 10.0. The van der Waals surface area contributed by atoms with Crippen molar-refractivity contribution >= 4 is 11.9 Å². The Morgan fingerprint density at radius 3 is 1.70 bits per heavy atom. The molecule has 0 amide bonds. The second-order valence-corrected chi connectivity index (χ2v) is 1.91. The summed E-state index contributed by atoms with van der Waals surface area (Å²) in [5, 5.41) is 24.9. The third kappa shape index (κ3) is 2.02. The van der Waals surface area contributed by atoms with Gasteiger partial charge in [0.25, 0.3) is 0 Å². The maximum Gasteiger partial charge on any atom is 0.333 e. The predicted octanol–water partition coefficient (Wildman–Crippen LogP) is -0.847. The molecule has 3 N–H and O–H groups in total. The zero-order valence-electron chi connectivity index (χ0n) is 5.31. The maximum absolute atomic E-state index is 10.0. The van der Waals surface area contributed by atoms with Crippen molar-refractivity contribution in [2.75, 3.05) is 0 Å². The van der Waals surface area contributed by atoms with Crippen LogP contribution in [0.25, 0.3) is 0 Å². The minimum absolute atomic E-state index is 1.13. The summed E-state index contributed by atoms with van der Waals surface area (Å²) in [7, 11) is 0. The molecule has 5 nitrogen and oxygen atoms in total. The van der Waals surface area contributed by atoms with Crippen LogP contribution >= 0.6 is 0 Å². The highest BCUT2D eigenvalue weighted by molar-refractivity contribution is 5.81. The lowest BCUT2D eigenvalue weighted by molar-refractivity contribution is -0.158. The van der Waals surface area contributed by atoms with E-state index in [4.69, 9.17) is 15.3 Å². The molecule has 0 radical (unpaired) electrons. The van der Waals surface area contributed by atoms with Crippen molar-refractivity contribution in [2.45, 2.75) is 13.0 Å². The Kier molecular flexibility index (Phi) is 2.82. The van der Waals surface area contributed by atoms with Crippen molar-refractivity contribution in [2.24, 2.45) is 5.92 Å². The summed E-state index contributed by atoms with van der Waals surface area (Å²) in [5.74, 6) is -4.11. The fourth-order valence-electron chi connectivity index (χ4n) is 0.349. The molecule has 0 saturated carbocycles. The number of carboxylic acids is 2. The van der Waals surface area contributed by atoms with Crippen molar-refractivity contribution in [3.8, 4) is 0 Å². The van der Waals surface area contributed by atoms with Gasteiger partial charge in [0.15, 0.2) is 6.10 Å². The van der Waals surface area contributed by atoms with Gasteiger partial charge in [0, 0.05) is 0 Å². The smallest absolute Gasteiger partial charge is 0.333 e. The van der Waals surface area contributed by atoms with E-state index in [1.54, 1.807) is 0 Å². The molecule has 0 bridgehead atoms. The summed E-state index contributed by atoms with van der Waals surface area (Å²) in [6.45, 7) is 1.13. The molecule has 58 valence electrons. The Balaban J connectivity index is 4.07. The van der Waals surface area contributed by atoms with Gasteiger partial charge in [-0.3, -0.25) is 4.79 Å². The first-order valence-corrected chi connectivity index (χ1v) is 2.60. The quantitative estimate of drug-likeness (QED) is 0.484. The Hall–Kier alpha value is -1.10. The van der Waals surface area contributed by atoms with Crippen LogP contribution in [0.4, 0.5) is 0 Å². The minimum Gasteiger partial charge on any atom is -0.481 e. The molecule has 0 aromatic rings. The predicted molar refractivity (Wildman–Crippen MR) is 30.4 cm³/mol. The second-order valence-electron chi connectivity index (χ2n) is 1.91. The number of hydrogen-bond acceptors (Lipinski definition) is 3. The van der Waals surface area contributed by atoms with Crippen molar-refractivity contribution < 1.29 is 24.9 Å². The van der Waals surface area contributed by atoms with E-state index in [0.29, 0.717) is 0 Å². The van der Waals surface area contributed by atoms with E-state index in [1.807, 2.05) is 0 Å². The zero-order chi connectivity index (χ0) is 8.31. The van der Waals surface area contributed by atoms with Gasteiger partial charge in [-0.2, -0.15) is 0 Å². The van der Waals surface area contributed by atoms with Crippen LogP contribution in [0.1, 0.15) is 6.92 Å². The highest BCUT2D eigenvalue weighted by Gasteiger charge is 2.26. The van der Waals surface area contributed by atoms with Gasteiger partial charge in [-0.1, -0.05) is 0 Å². The lowest BCUT2D eigenvalue weighted by Gasteiger charge is -2.08. The highest BCUT2D eigenvalue weighted by Crippen LogP contribution is 2.01. The topological polar surface area (TPSA) is 94.8 Å². The number of rotatable bonds is 3.